The maximum Gasteiger partial charge on any atom is 0.232 e. The predicted molar refractivity (Wildman–Crippen MR) is 85.2 cm³/mol. The summed E-state index contributed by atoms with van der Waals surface area (Å²) in [5, 5.41) is 3.41. The molecule has 1 aromatic heterocycles. The molecular weight excluding hydrogens is 274 g/mol. The van der Waals surface area contributed by atoms with Gasteiger partial charge in [0, 0.05) is 18.4 Å². The molecule has 0 aromatic carbocycles. The number of carbonyl (C=O) groups is 1. The molecule has 4 heteroatoms. The molecule has 1 amide bonds. The van der Waals surface area contributed by atoms with Crippen LogP contribution in [0.4, 0.5) is 0 Å². The molecule has 3 aliphatic rings. The Balaban J connectivity index is 1.67. The van der Waals surface area contributed by atoms with Crippen molar-refractivity contribution in [2.24, 2.45) is 5.41 Å². The number of nitrogens with one attached hydrogen (secondary N) is 1. The third-order valence-electron chi connectivity index (χ3n) is 5.93. The zero-order valence-electron chi connectivity index (χ0n) is 13.1. The fourth-order valence-electron chi connectivity index (χ4n) is 4.85. The van der Waals surface area contributed by atoms with E-state index in [0.29, 0.717) is 11.9 Å². The Kier molecular flexibility index (Phi) is 3.65. The van der Waals surface area contributed by atoms with Gasteiger partial charge in [0.15, 0.2) is 0 Å². The van der Waals surface area contributed by atoms with Crippen LogP contribution in [0.15, 0.2) is 24.5 Å². The Hall–Kier alpha value is -1.42. The summed E-state index contributed by atoms with van der Waals surface area (Å²) in [5.74, 6) is 0.431. The van der Waals surface area contributed by atoms with Gasteiger partial charge in [0.25, 0.3) is 0 Å². The van der Waals surface area contributed by atoms with E-state index in [9.17, 15) is 4.79 Å². The van der Waals surface area contributed by atoms with E-state index >= 15 is 0 Å². The molecule has 0 radical (unpaired) electrons. The summed E-state index contributed by atoms with van der Waals surface area (Å²) < 4.78 is 0. The lowest BCUT2D eigenvalue weighted by atomic mass is 9.59. The molecule has 0 unspecified atom stereocenters. The number of β-lactam (4-membered cyclic amide) rings is 1. The largest absolute Gasteiger partial charge is 0.331 e. The van der Waals surface area contributed by atoms with Gasteiger partial charge in [-0.15, -0.1) is 0 Å². The summed E-state index contributed by atoms with van der Waals surface area (Å²) >= 11 is 0. The van der Waals surface area contributed by atoms with Crippen LogP contribution in [0.3, 0.4) is 0 Å². The van der Waals surface area contributed by atoms with E-state index in [1.807, 2.05) is 12.4 Å². The van der Waals surface area contributed by atoms with Crippen LogP contribution in [0, 0.1) is 5.41 Å². The quantitative estimate of drug-likeness (QED) is 0.854. The number of carbonyl (C=O) groups excluding carboxylic acids is 1. The molecule has 1 saturated carbocycles. The van der Waals surface area contributed by atoms with Crippen LogP contribution in [0.25, 0.3) is 0 Å². The van der Waals surface area contributed by atoms with Crippen LogP contribution in [0.1, 0.15) is 56.6 Å². The minimum Gasteiger partial charge on any atom is -0.331 e. The van der Waals surface area contributed by atoms with Gasteiger partial charge in [-0.1, -0.05) is 19.3 Å². The van der Waals surface area contributed by atoms with Gasteiger partial charge in [-0.2, -0.15) is 0 Å². The van der Waals surface area contributed by atoms with E-state index in [1.54, 1.807) is 0 Å². The molecule has 3 fully saturated rings. The molecule has 1 spiro atoms. The highest BCUT2D eigenvalue weighted by Crippen LogP contribution is 2.59. The summed E-state index contributed by atoms with van der Waals surface area (Å²) in [6, 6.07) is 4.93. The van der Waals surface area contributed by atoms with Gasteiger partial charge < -0.3 is 10.2 Å². The Labute approximate surface area is 132 Å². The smallest absolute Gasteiger partial charge is 0.232 e. The second-order valence-corrected chi connectivity index (χ2v) is 7.09. The van der Waals surface area contributed by atoms with Crippen molar-refractivity contribution in [1.29, 1.82) is 0 Å². The number of pyridine rings is 1. The van der Waals surface area contributed by atoms with Crippen LogP contribution in [-0.4, -0.2) is 34.9 Å². The van der Waals surface area contributed by atoms with Crippen molar-refractivity contribution >= 4 is 5.91 Å². The minimum absolute atomic E-state index is 0.107. The average Bonchev–Trinajstić information content (AvgIpc) is 2.61. The number of nitrogens with zero attached hydrogens (tertiary/aromatic N) is 2. The van der Waals surface area contributed by atoms with Gasteiger partial charge >= 0.3 is 0 Å². The first-order valence-electron chi connectivity index (χ1n) is 8.76. The average molecular weight is 299 g/mol. The summed E-state index contributed by atoms with van der Waals surface area (Å²) in [7, 11) is 0. The van der Waals surface area contributed by atoms with Crippen molar-refractivity contribution in [2.45, 2.75) is 57.0 Å². The number of likely N-dealkylation sites (tertiary alicyclic amines) is 1. The summed E-state index contributed by atoms with van der Waals surface area (Å²) in [4.78, 5) is 19.5. The van der Waals surface area contributed by atoms with Gasteiger partial charge in [-0.3, -0.25) is 9.78 Å². The van der Waals surface area contributed by atoms with Crippen LogP contribution >= 0.6 is 0 Å². The van der Waals surface area contributed by atoms with Crippen molar-refractivity contribution in [3.8, 4) is 0 Å². The number of aromatic nitrogens is 1. The Morgan fingerprint density at radius 3 is 2.45 bits per heavy atom. The van der Waals surface area contributed by atoms with Gasteiger partial charge in [0.1, 0.15) is 0 Å². The molecular formula is C18H25N3O. The van der Waals surface area contributed by atoms with E-state index in [-0.39, 0.29) is 11.5 Å². The molecule has 4 nitrogen and oxygen atoms in total. The van der Waals surface area contributed by atoms with Crippen LogP contribution < -0.4 is 5.32 Å². The number of hydrogen-bond donors (Lipinski definition) is 1. The molecule has 22 heavy (non-hydrogen) atoms. The maximum absolute atomic E-state index is 13.1. The number of amides is 1. The van der Waals surface area contributed by atoms with Crippen molar-refractivity contribution in [3.05, 3.63) is 30.1 Å². The van der Waals surface area contributed by atoms with Crippen LogP contribution in [0.5, 0.6) is 0 Å². The van der Waals surface area contributed by atoms with E-state index in [0.717, 1.165) is 38.8 Å². The first kappa shape index (κ1) is 14.2. The monoisotopic (exact) mass is 299 g/mol. The Morgan fingerprint density at radius 1 is 1.09 bits per heavy atom. The lowest BCUT2D eigenvalue weighted by Crippen LogP contribution is -2.67. The standard InChI is InChI=1S/C18H25N3O/c22-17-18(8-2-1-3-9-18)16(14-4-10-19-11-5-14)21(17)15-6-12-20-13-7-15/h4-5,10-11,15-16,20H,1-3,6-9,12-13H2/t16-/m0/s1. The molecule has 1 aromatic rings. The van der Waals surface area contributed by atoms with Crippen molar-refractivity contribution < 1.29 is 4.79 Å². The van der Waals surface area contributed by atoms with Crippen molar-refractivity contribution in [2.75, 3.05) is 13.1 Å². The molecule has 0 bridgehead atoms. The highest BCUT2D eigenvalue weighted by Gasteiger charge is 2.62. The van der Waals surface area contributed by atoms with Crippen LogP contribution in [-0.2, 0) is 4.79 Å². The zero-order chi connectivity index (χ0) is 15.0. The van der Waals surface area contributed by atoms with Crippen molar-refractivity contribution in [3.63, 3.8) is 0 Å². The summed E-state index contributed by atoms with van der Waals surface area (Å²) in [5.41, 5.74) is 1.18. The summed E-state index contributed by atoms with van der Waals surface area (Å²) in [6.07, 6.45) is 11.7. The SMILES string of the molecule is O=C1N(C2CCNCC2)[C@@H](c2ccncc2)C12CCCCC2. The topological polar surface area (TPSA) is 45.2 Å². The number of rotatable bonds is 2. The molecule has 1 atom stereocenters. The number of hydrogen-bond acceptors (Lipinski definition) is 3. The third kappa shape index (κ3) is 2.08. The van der Waals surface area contributed by atoms with Gasteiger partial charge in [-0.05, 0) is 56.5 Å². The normalized spacial score (nSPS) is 28.6. The fraction of sp³-hybridized carbons (Fsp3) is 0.667. The highest BCUT2D eigenvalue weighted by molar-refractivity contribution is 5.91. The predicted octanol–water partition coefficient (Wildman–Crippen LogP) is 2.67. The van der Waals surface area contributed by atoms with Crippen molar-refractivity contribution in [1.82, 2.24) is 15.2 Å². The van der Waals surface area contributed by atoms with Gasteiger partial charge in [0.05, 0.1) is 11.5 Å². The molecule has 3 heterocycles. The second-order valence-electron chi connectivity index (χ2n) is 7.09. The molecule has 118 valence electrons. The fourth-order valence-corrected chi connectivity index (χ4v) is 4.85. The third-order valence-corrected chi connectivity index (χ3v) is 5.93. The molecule has 2 aliphatic heterocycles. The Morgan fingerprint density at radius 2 is 1.77 bits per heavy atom. The lowest BCUT2D eigenvalue weighted by Gasteiger charge is -2.61. The molecule has 1 N–H and O–H groups in total. The zero-order valence-corrected chi connectivity index (χ0v) is 13.1. The lowest BCUT2D eigenvalue weighted by molar-refractivity contribution is -0.185. The summed E-state index contributed by atoms with van der Waals surface area (Å²) in [6.45, 7) is 2.06. The highest BCUT2D eigenvalue weighted by atomic mass is 16.2. The maximum atomic E-state index is 13.1. The Bertz CT molecular complexity index is 533. The molecule has 4 rings (SSSR count). The van der Waals surface area contributed by atoms with Gasteiger partial charge in [-0.25, -0.2) is 0 Å². The first-order chi connectivity index (χ1) is 10.8. The van der Waals surface area contributed by atoms with Gasteiger partial charge in [0.2, 0.25) is 5.91 Å². The molecule has 1 aliphatic carbocycles. The molecule has 2 saturated heterocycles. The minimum atomic E-state index is -0.107. The van der Waals surface area contributed by atoms with E-state index in [1.165, 1.54) is 24.8 Å². The first-order valence-corrected chi connectivity index (χ1v) is 8.76. The van der Waals surface area contributed by atoms with Crippen LogP contribution in [0.2, 0.25) is 0 Å². The second kappa shape index (κ2) is 5.65. The van der Waals surface area contributed by atoms with E-state index < -0.39 is 0 Å². The number of piperidine rings is 1. The van der Waals surface area contributed by atoms with E-state index in [4.69, 9.17) is 0 Å². The van der Waals surface area contributed by atoms with E-state index in [2.05, 4.69) is 27.3 Å².